The van der Waals surface area contributed by atoms with Crippen LogP contribution < -0.4 is 10.6 Å². The van der Waals surface area contributed by atoms with Crippen LogP contribution in [-0.2, 0) is 4.74 Å². The number of methoxy groups -OCH3 is 1. The molecule has 0 fully saturated rings. The zero-order valence-electron chi connectivity index (χ0n) is 11.1. The third-order valence-electron chi connectivity index (χ3n) is 2.14. The predicted molar refractivity (Wildman–Crippen MR) is 69.6 cm³/mol. The molecule has 6 nitrogen and oxygen atoms in total. The Balaban J connectivity index is 2.43. The first-order valence-electron chi connectivity index (χ1n) is 5.99. The second-order valence-corrected chi connectivity index (χ2v) is 4.20. The quantitative estimate of drug-likeness (QED) is 0.710. The molecule has 1 aromatic heterocycles. The van der Waals surface area contributed by atoms with Crippen molar-refractivity contribution in [3.05, 3.63) is 18.0 Å². The molecular weight excluding hydrogens is 232 g/mol. The summed E-state index contributed by atoms with van der Waals surface area (Å²) in [6.45, 7) is 5.21. The number of ether oxygens (including phenoxy) is 1. The molecule has 6 heteroatoms. The number of anilines is 1. The number of carbonyl (C=O) groups is 1. The van der Waals surface area contributed by atoms with Gasteiger partial charge in [0.25, 0.3) is 5.91 Å². The molecule has 1 amide bonds. The third kappa shape index (κ3) is 5.09. The van der Waals surface area contributed by atoms with Gasteiger partial charge in [0, 0.05) is 38.7 Å². The molecule has 1 heterocycles. The monoisotopic (exact) mass is 252 g/mol. The molecule has 1 rings (SSSR count). The van der Waals surface area contributed by atoms with E-state index < -0.39 is 0 Å². The summed E-state index contributed by atoms with van der Waals surface area (Å²) in [6, 6.07) is 0.263. The molecule has 18 heavy (non-hydrogen) atoms. The molecule has 1 aromatic rings. The lowest BCUT2D eigenvalue weighted by Crippen LogP contribution is -2.25. The highest BCUT2D eigenvalue weighted by Gasteiger charge is 2.06. The van der Waals surface area contributed by atoms with E-state index in [0.717, 1.165) is 6.42 Å². The third-order valence-corrected chi connectivity index (χ3v) is 2.14. The Labute approximate surface area is 107 Å². The summed E-state index contributed by atoms with van der Waals surface area (Å²) in [6.07, 6.45) is 3.82. The largest absolute Gasteiger partial charge is 0.385 e. The summed E-state index contributed by atoms with van der Waals surface area (Å²) in [5.74, 6) is 0.364. The molecule has 100 valence electrons. The van der Waals surface area contributed by atoms with Gasteiger partial charge in [0.2, 0.25) is 5.95 Å². The van der Waals surface area contributed by atoms with Crippen LogP contribution in [0.3, 0.4) is 0 Å². The minimum Gasteiger partial charge on any atom is -0.385 e. The smallest absolute Gasteiger partial charge is 0.254 e. The van der Waals surface area contributed by atoms with Crippen LogP contribution in [0.5, 0.6) is 0 Å². The maximum absolute atomic E-state index is 11.7. The van der Waals surface area contributed by atoms with E-state index in [0.29, 0.717) is 24.7 Å². The summed E-state index contributed by atoms with van der Waals surface area (Å²) in [4.78, 5) is 19.8. The molecule has 0 saturated carbocycles. The standard InChI is InChI=1S/C12H20N4O2/c1-9(2)16-12-14-7-10(8-15-12)11(17)13-5-4-6-18-3/h7-9H,4-6H2,1-3H3,(H,13,17)(H,14,15,16). The van der Waals surface area contributed by atoms with Crippen molar-refractivity contribution in [1.29, 1.82) is 0 Å². The number of hydrogen-bond donors (Lipinski definition) is 2. The molecule has 0 aromatic carbocycles. The first-order valence-corrected chi connectivity index (χ1v) is 5.99. The number of nitrogens with one attached hydrogen (secondary N) is 2. The van der Waals surface area contributed by atoms with Crippen molar-refractivity contribution in [1.82, 2.24) is 15.3 Å². The lowest BCUT2D eigenvalue weighted by molar-refractivity contribution is 0.0948. The van der Waals surface area contributed by atoms with Crippen LogP contribution in [0.25, 0.3) is 0 Å². The van der Waals surface area contributed by atoms with Crippen LogP contribution in [0.4, 0.5) is 5.95 Å². The molecule has 0 unspecified atom stereocenters. The van der Waals surface area contributed by atoms with Crippen molar-refractivity contribution >= 4 is 11.9 Å². The maximum Gasteiger partial charge on any atom is 0.254 e. The van der Waals surface area contributed by atoms with Crippen molar-refractivity contribution < 1.29 is 9.53 Å². The van der Waals surface area contributed by atoms with Gasteiger partial charge in [0.15, 0.2) is 0 Å². The van der Waals surface area contributed by atoms with E-state index in [1.807, 2.05) is 13.8 Å². The van der Waals surface area contributed by atoms with Crippen molar-refractivity contribution in [2.24, 2.45) is 0 Å². The van der Waals surface area contributed by atoms with Crippen LogP contribution in [0, 0.1) is 0 Å². The van der Waals surface area contributed by atoms with Crippen LogP contribution in [0.1, 0.15) is 30.6 Å². The highest BCUT2D eigenvalue weighted by molar-refractivity contribution is 5.93. The fourth-order valence-corrected chi connectivity index (χ4v) is 1.30. The van der Waals surface area contributed by atoms with Gasteiger partial charge in [-0.05, 0) is 20.3 Å². The summed E-state index contributed by atoms with van der Waals surface area (Å²) in [5.41, 5.74) is 0.460. The van der Waals surface area contributed by atoms with Gasteiger partial charge in [0.05, 0.1) is 5.56 Å². The normalized spacial score (nSPS) is 10.4. The summed E-state index contributed by atoms with van der Waals surface area (Å²) >= 11 is 0. The van der Waals surface area contributed by atoms with E-state index in [2.05, 4.69) is 20.6 Å². The molecule has 0 bridgehead atoms. The minimum absolute atomic E-state index is 0.165. The SMILES string of the molecule is COCCCNC(=O)c1cnc(NC(C)C)nc1. The zero-order chi connectivity index (χ0) is 13.4. The van der Waals surface area contributed by atoms with Crippen molar-refractivity contribution in [2.75, 3.05) is 25.6 Å². The molecule has 0 atom stereocenters. The van der Waals surface area contributed by atoms with E-state index in [4.69, 9.17) is 4.74 Å². The zero-order valence-corrected chi connectivity index (χ0v) is 11.1. The molecule has 0 aliphatic rings. The summed E-state index contributed by atoms with van der Waals surface area (Å²) in [7, 11) is 1.64. The van der Waals surface area contributed by atoms with Crippen molar-refractivity contribution in [3.8, 4) is 0 Å². The Hall–Kier alpha value is -1.69. The minimum atomic E-state index is -0.165. The molecule has 0 aliphatic carbocycles. The summed E-state index contributed by atoms with van der Waals surface area (Å²) in [5, 5.41) is 5.83. The Morgan fingerprint density at radius 1 is 1.39 bits per heavy atom. The molecule has 0 saturated heterocycles. The first kappa shape index (κ1) is 14.4. The molecule has 0 radical (unpaired) electrons. The van der Waals surface area contributed by atoms with Crippen molar-refractivity contribution in [2.45, 2.75) is 26.3 Å². The molecule has 2 N–H and O–H groups in total. The lowest BCUT2D eigenvalue weighted by atomic mass is 10.3. The Morgan fingerprint density at radius 3 is 2.61 bits per heavy atom. The highest BCUT2D eigenvalue weighted by atomic mass is 16.5. The topological polar surface area (TPSA) is 76.1 Å². The van der Waals surface area contributed by atoms with Crippen molar-refractivity contribution in [3.63, 3.8) is 0 Å². The van der Waals surface area contributed by atoms with Crippen LogP contribution >= 0.6 is 0 Å². The van der Waals surface area contributed by atoms with Gasteiger partial charge in [-0.25, -0.2) is 9.97 Å². The highest BCUT2D eigenvalue weighted by Crippen LogP contribution is 2.01. The summed E-state index contributed by atoms with van der Waals surface area (Å²) < 4.78 is 4.90. The van der Waals surface area contributed by atoms with Gasteiger partial charge in [-0.1, -0.05) is 0 Å². The Kier molecular flexibility index (Phi) is 6.07. The average Bonchev–Trinajstić information content (AvgIpc) is 2.34. The van der Waals surface area contributed by atoms with Gasteiger partial charge in [0.1, 0.15) is 0 Å². The van der Waals surface area contributed by atoms with Crippen LogP contribution in [-0.4, -0.2) is 42.2 Å². The van der Waals surface area contributed by atoms with Gasteiger partial charge in [-0.3, -0.25) is 4.79 Å². The van der Waals surface area contributed by atoms with Gasteiger partial charge in [-0.2, -0.15) is 0 Å². The second-order valence-electron chi connectivity index (χ2n) is 4.20. The van der Waals surface area contributed by atoms with Crippen LogP contribution in [0.2, 0.25) is 0 Å². The Morgan fingerprint density at radius 2 is 2.06 bits per heavy atom. The number of carbonyl (C=O) groups excluding carboxylic acids is 1. The van der Waals surface area contributed by atoms with E-state index in [1.54, 1.807) is 7.11 Å². The van der Waals surface area contributed by atoms with Gasteiger partial charge in [-0.15, -0.1) is 0 Å². The first-order chi connectivity index (χ1) is 8.63. The number of aromatic nitrogens is 2. The number of amides is 1. The molecule has 0 spiro atoms. The number of hydrogen-bond acceptors (Lipinski definition) is 5. The van der Waals surface area contributed by atoms with E-state index in [1.165, 1.54) is 12.4 Å². The fraction of sp³-hybridized carbons (Fsp3) is 0.583. The number of rotatable bonds is 7. The molecular formula is C12H20N4O2. The maximum atomic E-state index is 11.7. The van der Waals surface area contributed by atoms with E-state index in [-0.39, 0.29) is 11.9 Å². The van der Waals surface area contributed by atoms with E-state index >= 15 is 0 Å². The van der Waals surface area contributed by atoms with Gasteiger partial charge < -0.3 is 15.4 Å². The van der Waals surface area contributed by atoms with E-state index in [9.17, 15) is 4.79 Å². The fourth-order valence-electron chi connectivity index (χ4n) is 1.30. The van der Waals surface area contributed by atoms with Gasteiger partial charge >= 0.3 is 0 Å². The number of nitrogens with zero attached hydrogens (tertiary/aromatic N) is 2. The average molecular weight is 252 g/mol. The predicted octanol–water partition coefficient (Wildman–Crippen LogP) is 1.06. The second kappa shape index (κ2) is 7.60. The lowest BCUT2D eigenvalue weighted by Gasteiger charge is -2.08. The van der Waals surface area contributed by atoms with Crippen LogP contribution in [0.15, 0.2) is 12.4 Å². The molecule has 0 aliphatic heterocycles. The Bertz CT molecular complexity index is 365.